The fourth-order valence-electron chi connectivity index (χ4n) is 1.75. The van der Waals surface area contributed by atoms with Crippen molar-refractivity contribution < 1.29 is 9.53 Å². The number of allylic oxidation sites excluding steroid dienone is 2. The highest BCUT2D eigenvalue weighted by Gasteiger charge is 2.36. The smallest absolute Gasteiger partial charge is 0.161 e. The number of hydrogen-bond donors (Lipinski definition) is 0. The Morgan fingerprint density at radius 3 is 2.62 bits per heavy atom. The summed E-state index contributed by atoms with van der Waals surface area (Å²) in [5.74, 6) is 0.196. The maximum absolute atomic E-state index is 11.4. The van der Waals surface area contributed by atoms with Crippen LogP contribution in [-0.2, 0) is 9.53 Å². The van der Waals surface area contributed by atoms with Gasteiger partial charge in [0.1, 0.15) is 6.10 Å². The summed E-state index contributed by atoms with van der Waals surface area (Å²) in [4.78, 5) is 11.4. The molecular weight excluding hydrogens is 164 g/mol. The Balaban J connectivity index is 2.78. The van der Waals surface area contributed by atoms with Crippen LogP contribution in [0.2, 0.25) is 0 Å². The van der Waals surface area contributed by atoms with E-state index in [1.165, 1.54) is 0 Å². The van der Waals surface area contributed by atoms with Crippen molar-refractivity contribution in [1.29, 1.82) is 0 Å². The molecule has 1 rings (SSSR count). The van der Waals surface area contributed by atoms with E-state index < -0.39 is 0 Å². The molecule has 0 N–H and O–H groups in total. The van der Waals surface area contributed by atoms with Crippen molar-refractivity contribution in [2.24, 2.45) is 5.41 Å². The first-order valence-corrected chi connectivity index (χ1v) is 4.50. The molecule has 1 aliphatic rings. The van der Waals surface area contributed by atoms with Crippen molar-refractivity contribution >= 4 is 5.78 Å². The molecule has 72 valence electrons. The highest BCUT2D eigenvalue weighted by Crippen LogP contribution is 2.37. The molecule has 0 heterocycles. The number of methoxy groups -OCH3 is 1. The zero-order valence-corrected chi connectivity index (χ0v) is 8.08. The number of ketones is 1. The first-order valence-electron chi connectivity index (χ1n) is 4.50. The summed E-state index contributed by atoms with van der Waals surface area (Å²) >= 11 is 0. The Bertz CT molecular complexity index is 222. The summed E-state index contributed by atoms with van der Waals surface area (Å²) < 4.78 is 5.12. The molecule has 2 nitrogen and oxygen atoms in total. The molecule has 0 bridgehead atoms. The molecule has 0 aromatic rings. The monoisotopic (exact) mass is 180 g/mol. The van der Waals surface area contributed by atoms with Gasteiger partial charge < -0.3 is 4.74 Å². The Hall–Kier alpha value is -0.890. The van der Waals surface area contributed by atoms with E-state index in [1.807, 2.05) is 12.2 Å². The van der Waals surface area contributed by atoms with Crippen LogP contribution < -0.4 is 0 Å². The topological polar surface area (TPSA) is 26.3 Å². The van der Waals surface area contributed by atoms with E-state index in [-0.39, 0.29) is 17.3 Å². The van der Waals surface area contributed by atoms with Crippen molar-refractivity contribution in [2.45, 2.75) is 25.4 Å². The number of Topliss-reactive ketones (excluding diaryl/α,β-unsaturated/α-hetero) is 1. The molecule has 0 aromatic heterocycles. The van der Waals surface area contributed by atoms with E-state index in [4.69, 9.17) is 4.74 Å². The molecule has 1 fully saturated rings. The molecule has 1 atom stereocenters. The number of carbonyl (C=O) groups is 1. The van der Waals surface area contributed by atoms with Gasteiger partial charge in [0.15, 0.2) is 5.78 Å². The predicted molar refractivity (Wildman–Crippen MR) is 52.5 cm³/mol. The number of carbonyl (C=O) groups excluding carboxylic acids is 1. The SMILES string of the molecule is C=CC1(C=C)CCC(=O)C(OC)C1. The van der Waals surface area contributed by atoms with E-state index in [0.29, 0.717) is 12.8 Å². The van der Waals surface area contributed by atoms with Gasteiger partial charge in [0, 0.05) is 18.9 Å². The Morgan fingerprint density at radius 1 is 1.54 bits per heavy atom. The van der Waals surface area contributed by atoms with E-state index in [0.717, 1.165) is 6.42 Å². The molecule has 13 heavy (non-hydrogen) atoms. The van der Waals surface area contributed by atoms with Gasteiger partial charge in [0.25, 0.3) is 0 Å². The molecular formula is C11H16O2. The Morgan fingerprint density at radius 2 is 2.15 bits per heavy atom. The fraction of sp³-hybridized carbons (Fsp3) is 0.545. The number of hydrogen-bond acceptors (Lipinski definition) is 2. The Labute approximate surface area is 79.3 Å². The van der Waals surface area contributed by atoms with Crippen molar-refractivity contribution in [3.63, 3.8) is 0 Å². The van der Waals surface area contributed by atoms with Crippen LogP contribution in [0.3, 0.4) is 0 Å². The minimum absolute atomic E-state index is 0.103. The van der Waals surface area contributed by atoms with E-state index >= 15 is 0 Å². The van der Waals surface area contributed by atoms with Crippen LogP contribution >= 0.6 is 0 Å². The van der Waals surface area contributed by atoms with Gasteiger partial charge in [-0.1, -0.05) is 12.2 Å². The Kier molecular flexibility index (Phi) is 3.04. The fourth-order valence-corrected chi connectivity index (χ4v) is 1.75. The third-order valence-corrected chi connectivity index (χ3v) is 2.86. The van der Waals surface area contributed by atoms with Gasteiger partial charge in [-0.3, -0.25) is 4.79 Å². The van der Waals surface area contributed by atoms with Gasteiger partial charge in [0.05, 0.1) is 0 Å². The normalized spacial score (nSPS) is 26.8. The minimum Gasteiger partial charge on any atom is -0.374 e. The van der Waals surface area contributed by atoms with E-state index in [2.05, 4.69) is 13.2 Å². The van der Waals surface area contributed by atoms with E-state index in [9.17, 15) is 4.79 Å². The lowest BCUT2D eigenvalue weighted by Gasteiger charge is -2.34. The van der Waals surface area contributed by atoms with Crippen LogP contribution in [0, 0.1) is 5.41 Å². The van der Waals surface area contributed by atoms with Crippen molar-refractivity contribution in [2.75, 3.05) is 7.11 Å². The molecule has 2 heteroatoms. The van der Waals surface area contributed by atoms with Crippen LogP contribution in [0.4, 0.5) is 0 Å². The third-order valence-electron chi connectivity index (χ3n) is 2.86. The van der Waals surface area contributed by atoms with Crippen LogP contribution in [0.15, 0.2) is 25.3 Å². The van der Waals surface area contributed by atoms with Gasteiger partial charge in [-0.2, -0.15) is 0 Å². The summed E-state index contributed by atoms with van der Waals surface area (Å²) in [5.41, 5.74) is -0.103. The van der Waals surface area contributed by atoms with E-state index in [1.54, 1.807) is 7.11 Å². The second-order valence-corrected chi connectivity index (χ2v) is 3.54. The molecule has 0 spiro atoms. The third kappa shape index (κ3) is 1.89. The first kappa shape index (κ1) is 10.2. The lowest BCUT2D eigenvalue weighted by atomic mass is 9.72. The molecule has 1 saturated carbocycles. The highest BCUT2D eigenvalue weighted by molar-refractivity contribution is 5.84. The maximum atomic E-state index is 11.4. The second kappa shape index (κ2) is 3.88. The minimum atomic E-state index is -0.273. The first-order chi connectivity index (χ1) is 6.17. The zero-order valence-electron chi connectivity index (χ0n) is 8.08. The summed E-state index contributed by atoms with van der Waals surface area (Å²) in [7, 11) is 1.57. The molecule has 0 aliphatic heterocycles. The zero-order chi connectivity index (χ0) is 9.90. The van der Waals surface area contributed by atoms with Crippen LogP contribution in [-0.4, -0.2) is 19.0 Å². The van der Waals surface area contributed by atoms with Gasteiger partial charge in [-0.05, 0) is 12.8 Å². The van der Waals surface area contributed by atoms with Crippen LogP contribution in [0.5, 0.6) is 0 Å². The number of rotatable bonds is 3. The lowest BCUT2D eigenvalue weighted by Crippen LogP contribution is -2.36. The van der Waals surface area contributed by atoms with Gasteiger partial charge >= 0.3 is 0 Å². The molecule has 1 unspecified atom stereocenters. The molecule has 1 aliphatic carbocycles. The second-order valence-electron chi connectivity index (χ2n) is 3.54. The lowest BCUT2D eigenvalue weighted by molar-refractivity contribution is -0.133. The van der Waals surface area contributed by atoms with Gasteiger partial charge in [0.2, 0.25) is 0 Å². The summed E-state index contributed by atoms with van der Waals surface area (Å²) in [6.45, 7) is 7.57. The van der Waals surface area contributed by atoms with Gasteiger partial charge in [-0.15, -0.1) is 13.2 Å². The maximum Gasteiger partial charge on any atom is 0.161 e. The molecule has 0 saturated heterocycles. The predicted octanol–water partition coefficient (Wildman–Crippen LogP) is 2.11. The average Bonchev–Trinajstić information content (AvgIpc) is 2.19. The van der Waals surface area contributed by atoms with Crippen LogP contribution in [0.25, 0.3) is 0 Å². The molecule has 0 amide bonds. The van der Waals surface area contributed by atoms with Crippen molar-refractivity contribution in [1.82, 2.24) is 0 Å². The summed E-state index contributed by atoms with van der Waals surface area (Å²) in [6, 6.07) is 0. The number of ether oxygens (including phenoxy) is 1. The van der Waals surface area contributed by atoms with Crippen molar-refractivity contribution in [3.8, 4) is 0 Å². The molecule has 0 aromatic carbocycles. The standard InChI is InChI=1S/C11H16O2/c1-4-11(5-2)7-6-9(12)10(8-11)13-3/h4-5,10H,1-2,6-8H2,3H3. The summed E-state index contributed by atoms with van der Waals surface area (Å²) in [5, 5.41) is 0. The van der Waals surface area contributed by atoms with Crippen molar-refractivity contribution in [3.05, 3.63) is 25.3 Å². The summed E-state index contributed by atoms with van der Waals surface area (Å²) in [6.07, 6.45) is 5.55. The quantitative estimate of drug-likeness (QED) is 0.622. The van der Waals surface area contributed by atoms with Crippen LogP contribution in [0.1, 0.15) is 19.3 Å². The molecule has 0 radical (unpaired) electrons. The largest absolute Gasteiger partial charge is 0.374 e. The van der Waals surface area contributed by atoms with Gasteiger partial charge in [-0.25, -0.2) is 0 Å². The highest BCUT2D eigenvalue weighted by atomic mass is 16.5. The average molecular weight is 180 g/mol.